The lowest BCUT2D eigenvalue weighted by Crippen LogP contribution is -2.30. The number of cyclic esters (lactones) is 2. The zero-order valence-electron chi connectivity index (χ0n) is 7.07. The molecule has 68 valence electrons. The predicted octanol–water partition coefficient (Wildman–Crippen LogP) is 0.221. The van der Waals surface area contributed by atoms with Crippen LogP contribution in [0.2, 0.25) is 0 Å². The van der Waals surface area contributed by atoms with Crippen molar-refractivity contribution in [1.82, 2.24) is 0 Å². The van der Waals surface area contributed by atoms with Crippen molar-refractivity contribution in [3.63, 3.8) is 0 Å². The smallest absolute Gasteiger partial charge is 0.325 e. The second kappa shape index (κ2) is 2.52. The number of carbonyl (C=O) groups excluding carboxylic acids is 3. The number of rotatable bonds is 0. The molecule has 13 heavy (non-hydrogen) atoms. The van der Waals surface area contributed by atoms with E-state index >= 15 is 0 Å². The maximum Gasteiger partial charge on any atom is 0.325 e. The SMILES string of the molecule is CC1=CCC2C(=O)OC(=O)C2C1=O. The zero-order valence-corrected chi connectivity index (χ0v) is 7.07. The maximum absolute atomic E-state index is 11.4. The Morgan fingerprint density at radius 3 is 2.69 bits per heavy atom. The van der Waals surface area contributed by atoms with E-state index in [2.05, 4.69) is 4.74 Å². The van der Waals surface area contributed by atoms with Gasteiger partial charge in [0.15, 0.2) is 5.78 Å². The van der Waals surface area contributed by atoms with E-state index in [1.807, 2.05) is 0 Å². The Labute approximate surface area is 74.6 Å². The van der Waals surface area contributed by atoms with Gasteiger partial charge in [-0.25, -0.2) is 0 Å². The third-order valence-corrected chi connectivity index (χ3v) is 2.51. The molecular formula is C9H8O4. The highest BCUT2D eigenvalue weighted by Gasteiger charge is 2.49. The van der Waals surface area contributed by atoms with Crippen molar-refractivity contribution >= 4 is 17.7 Å². The average molecular weight is 180 g/mol. The summed E-state index contributed by atoms with van der Waals surface area (Å²) in [5.74, 6) is -2.95. The first kappa shape index (κ1) is 8.16. The van der Waals surface area contributed by atoms with Crippen LogP contribution in [0.25, 0.3) is 0 Å². The minimum atomic E-state index is -0.863. The molecule has 0 radical (unpaired) electrons. The average Bonchev–Trinajstić information content (AvgIpc) is 2.35. The van der Waals surface area contributed by atoms with Gasteiger partial charge < -0.3 is 4.74 Å². The number of carbonyl (C=O) groups is 3. The molecule has 4 heteroatoms. The molecule has 2 atom stereocenters. The minimum absolute atomic E-state index is 0.271. The Hall–Kier alpha value is -1.45. The fourth-order valence-corrected chi connectivity index (χ4v) is 1.71. The molecule has 0 spiro atoms. The van der Waals surface area contributed by atoms with Gasteiger partial charge in [-0.3, -0.25) is 14.4 Å². The van der Waals surface area contributed by atoms with Crippen molar-refractivity contribution in [1.29, 1.82) is 0 Å². The van der Waals surface area contributed by atoms with Crippen LogP contribution in [0.5, 0.6) is 0 Å². The molecule has 2 aliphatic rings. The standard InChI is InChI=1S/C9H8O4/c1-4-2-3-5-6(7(4)10)9(12)13-8(5)11/h2,5-6H,3H2,1H3. The van der Waals surface area contributed by atoms with E-state index in [0.29, 0.717) is 12.0 Å². The first-order valence-corrected chi connectivity index (χ1v) is 4.08. The van der Waals surface area contributed by atoms with Gasteiger partial charge in [0.1, 0.15) is 5.92 Å². The highest BCUT2D eigenvalue weighted by molar-refractivity contribution is 6.16. The monoisotopic (exact) mass is 180 g/mol. The van der Waals surface area contributed by atoms with Crippen LogP contribution < -0.4 is 0 Å². The first-order chi connectivity index (χ1) is 6.11. The molecule has 1 aliphatic carbocycles. The van der Waals surface area contributed by atoms with Gasteiger partial charge in [0.05, 0.1) is 5.92 Å². The summed E-state index contributed by atoms with van der Waals surface area (Å²) in [6.07, 6.45) is 2.12. The Morgan fingerprint density at radius 2 is 2.00 bits per heavy atom. The second-order valence-electron chi connectivity index (χ2n) is 3.31. The Balaban J connectivity index is 2.41. The van der Waals surface area contributed by atoms with Crippen molar-refractivity contribution in [3.8, 4) is 0 Å². The van der Waals surface area contributed by atoms with E-state index in [1.54, 1.807) is 13.0 Å². The second-order valence-corrected chi connectivity index (χ2v) is 3.31. The van der Waals surface area contributed by atoms with Gasteiger partial charge in [0.25, 0.3) is 0 Å². The quantitative estimate of drug-likeness (QED) is 0.395. The van der Waals surface area contributed by atoms with Gasteiger partial charge >= 0.3 is 11.9 Å². The fourth-order valence-electron chi connectivity index (χ4n) is 1.71. The van der Waals surface area contributed by atoms with Crippen LogP contribution in [0.3, 0.4) is 0 Å². The van der Waals surface area contributed by atoms with E-state index < -0.39 is 23.8 Å². The Bertz CT molecular complexity index is 340. The molecule has 1 aliphatic heterocycles. The van der Waals surface area contributed by atoms with Crippen LogP contribution in [0.1, 0.15) is 13.3 Å². The summed E-state index contributed by atoms with van der Waals surface area (Å²) in [7, 11) is 0. The molecule has 0 saturated carbocycles. The summed E-state index contributed by atoms with van der Waals surface area (Å²) in [5.41, 5.74) is 0.549. The molecule has 0 bridgehead atoms. The van der Waals surface area contributed by atoms with Gasteiger partial charge in [-0.05, 0) is 18.9 Å². The summed E-state index contributed by atoms with van der Waals surface area (Å²) >= 11 is 0. The van der Waals surface area contributed by atoms with Gasteiger partial charge in [0, 0.05) is 0 Å². The van der Waals surface area contributed by atoms with Crippen LogP contribution in [-0.2, 0) is 19.1 Å². The van der Waals surface area contributed by atoms with Crippen molar-refractivity contribution in [2.75, 3.05) is 0 Å². The molecule has 0 N–H and O–H groups in total. The Morgan fingerprint density at radius 1 is 1.31 bits per heavy atom. The lowest BCUT2D eigenvalue weighted by molar-refractivity contribution is -0.153. The van der Waals surface area contributed by atoms with Crippen molar-refractivity contribution in [3.05, 3.63) is 11.6 Å². The number of Topliss-reactive ketones (excluding diaryl/α,β-unsaturated/α-hetero) is 1. The minimum Gasteiger partial charge on any atom is -0.392 e. The Kier molecular flexibility index (Phi) is 1.58. The van der Waals surface area contributed by atoms with E-state index in [-0.39, 0.29) is 5.78 Å². The van der Waals surface area contributed by atoms with Crippen molar-refractivity contribution in [2.45, 2.75) is 13.3 Å². The number of hydrogen-bond acceptors (Lipinski definition) is 4. The first-order valence-electron chi connectivity index (χ1n) is 4.08. The van der Waals surface area contributed by atoms with Crippen LogP contribution >= 0.6 is 0 Å². The van der Waals surface area contributed by atoms with Gasteiger partial charge in [-0.1, -0.05) is 6.08 Å². The molecule has 4 nitrogen and oxygen atoms in total. The van der Waals surface area contributed by atoms with Crippen molar-refractivity contribution < 1.29 is 19.1 Å². The summed E-state index contributed by atoms with van der Waals surface area (Å²) in [6.45, 7) is 1.65. The molecule has 2 rings (SSSR count). The molecule has 1 saturated heterocycles. The number of allylic oxidation sites excluding steroid dienone is 2. The number of hydrogen-bond donors (Lipinski definition) is 0. The molecule has 0 aromatic rings. The summed E-state index contributed by atoms with van der Waals surface area (Å²) in [6, 6.07) is 0. The lowest BCUT2D eigenvalue weighted by atomic mass is 9.81. The van der Waals surface area contributed by atoms with Gasteiger partial charge in [-0.2, -0.15) is 0 Å². The van der Waals surface area contributed by atoms with E-state index in [0.717, 1.165) is 0 Å². The van der Waals surface area contributed by atoms with Crippen LogP contribution in [-0.4, -0.2) is 17.7 Å². The van der Waals surface area contributed by atoms with E-state index in [1.165, 1.54) is 0 Å². The molecular weight excluding hydrogens is 172 g/mol. The normalized spacial score (nSPS) is 32.7. The molecule has 0 aromatic carbocycles. The lowest BCUT2D eigenvalue weighted by Gasteiger charge is -2.16. The highest BCUT2D eigenvalue weighted by atomic mass is 16.6. The third kappa shape index (κ3) is 1.02. The van der Waals surface area contributed by atoms with Crippen LogP contribution in [0, 0.1) is 11.8 Å². The number of fused-ring (bicyclic) bond motifs is 1. The number of ether oxygens (including phenoxy) is 1. The molecule has 2 unspecified atom stereocenters. The largest absolute Gasteiger partial charge is 0.392 e. The van der Waals surface area contributed by atoms with E-state index in [9.17, 15) is 14.4 Å². The predicted molar refractivity (Wildman–Crippen MR) is 41.5 cm³/mol. The molecule has 0 aromatic heterocycles. The summed E-state index contributed by atoms with van der Waals surface area (Å²) in [5, 5.41) is 0. The van der Waals surface area contributed by atoms with Crippen LogP contribution in [0.15, 0.2) is 11.6 Å². The van der Waals surface area contributed by atoms with E-state index in [4.69, 9.17) is 0 Å². The molecule has 0 amide bonds. The zero-order chi connectivity index (χ0) is 9.59. The third-order valence-electron chi connectivity index (χ3n) is 2.51. The highest BCUT2D eigenvalue weighted by Crippen LogP contribution is 2.33. The fraction of sp³-hybridized carbons (Fsp3) is 0.444. The number of esters is 2. The number of ketones is 1. The topological polar surface area (TPSA) is 60.4 Å². The summed E-state index contributed by atoms with van der Waals surface area (Å²) < 4.78 is 4.39. The molecule has 1 heterocycles. The molecule has 1 fully saturated rings. The van der Waals surface area contributed by atoms with Crippen molar-refractivity contribution in [2.24, 2.45) is 11.8 Å². The summed E-state index contributed by atoms with van der Waals surface area (Å²) in [4.78, 5) is 33.6. The maximum atomic E-state index is 11.4. The van der Waals surface area contributed by atoms with Gasteiger partial charge in [0.2, 0.25) is 0 Å². The van der Waals surface area contributed by atoms with Gasteiger partial charge in [-0.15, -0.1) is 0 Å². The van der Waals surface area contributed by atoms with Crippen LogP contribution in [0.4, 0.5) is 0 Å².